The Morgan fingerprint density at radius 2 is 2.11 bits per heavy atom. The summed E-state index contributed by atoms with van der Waals surface area (Å²) in [5, 5.41) is 15.2. The van der Waals surface area contributed by atoms with Gasteiger partial charge in [-0.15, -0.1) is 5.10 Å². The highest BCUT2D eigenvalue weighted by molar-refractivity contribution is 5.42. The molecule has 98 valence electrons. The van der Waals surface area contributed by atoms with Gasteiger partial charge in [-0.2, -0.15) is 18.4 Å². The first-order valence-electron chi connectivity index (χ1n) is 5.05. The number of alkyl halides is 3. The Labute approximate surface area is 105 Å². The molecule has 0 spiro atoms. The summed E-state index contributed by atoms with van der Waals surface area (Å²) in [4.78, 5) is 0. The van der Waals surface area contributed by atoms with Crippen LogP contribution in [-0.2, 0) is 6.18 Å². The van der Waals surface area contributed by atoms with Crippen LogP contribution in [0.1, 0.15) is 11.4 Å². The highest BCUT2D eigenvalue weighted by Gasteiger charge is 2.40. The first kappa shape index (κ1) is 12.9. The fourth-order valence-electron chi connectivity index (χ4n) is 1.53. The van der Waals surface area contributed by atoms with Crippen LogP contribution in [0.5, 0.6) is 5.75 Å². The molecule has 8 heteroatoms. The van der Waals surface area contributed by atoms with Crippen LogP contribution in [0, 0.1) is 11.3 Å². The second-order valence-electron chi connectivity index (χ2n) is 3.51. The molecule has 1 aromatic carbocycles. The summed E-state index contributed by atoms with van der Waals surface area (Å²) in [5.74, 6) is 0.375. The highest BCUT2D eigenvalue weighted by atomic mass is 19.4. The van der Waals surface area contributed by atoms with Crippen molar-refractivity contribution in [2.24, 2.45) is 0 Å². The molecule has 0 bridgehead atoms. The topological polar surface area (TPSA) is 63.7 Å². The number of nitrogens with zero attached hydrogens (tertiary/aromatic N) is 4. The van der Waals surface area contributed by atoms with Gasteiger partial charge in [0.2, 0.25) is 0 Å². The van der Waals surface area contributed by atoms with E-state index in [2.05, 4.69) is 10.3 Å². The molecule has 0 amide bonds. The van der Waals surface area contributed by atoms with E-state index in [1.165, 1.54) is 31.4 Å². The van der Waals surface area contributed by atoms with Gasteiger partial charge in [0.25, 0.3) is 0 Å². The maximum atomic E-state index is 12.9. The van der Waals surface area contributed by atoms with Crippen molar-refractivity contribution in [1.82, 2.24) is 15.0 Å². The third-order valence-electron chi connectivity index (χ3n) is 2.34. The molecule has 0 N–H and O–H groups in total. The normalized spacial score (nSPS) is 11.1. The number of halogens is 3. The molecule has 19 heavy (non-hydrogen) atoms. The molecule has 0 saturated heterocycles. The molecule has 2 aromatic rings. The van der Waals surface area contributed by atoms with Crippen molar-refractivity contribution in [3.05, 3.63) is 35.7 Å². The molecule has 1 heterocycles. The third-order valence-corrected chi connectivity index (χ3v) is 2.34. The second-order valence-corrected chi connectivity index (χ2v) is 3.51. The summed E-state index contributed by atoms with van der Waals surface area (Å²) in [5.41, 5.74) is -1.86. The van der Waals surface area contributed by atoms with Gasteiger partial charge < -0.3 is 4.74 Å². The lowest BCUT2D eigenvalue weighted by atomic mass is 10.2. The van der Waals surface area contributed by atoms with Gasteiger partial charge in [-0.3, -0.25) is 0 Å². The van der Waals surface area contributed by atoms with Gasteiger partial charge in [-0.05, 0) is 12.1 Å². The van der Waals surface area contributed by atoms with Crippen LogP contribution in [-0.4, -0.2) is 22.1 Å². The Hall–Kier alpha value is -2.56. The minimum absolute atomic E-state index is 0.112. The fraction of sp³-hybridized carbons (Fsp3) is 0.182. The van der Waals surface area contributed by atoms with Crippen LogP contribution in [0.15, 0.2) is 24.3 Å². The first-order valence-corrected chi connectivity index (χ1v) is 5.05. The zero-order chi connectivity index (χ0) is 14.0. The van der Waals surface area contributed by atoms with Crippen LogP contribution in [0.4, 0.5) is 13.2 Å². The minimum atomic E-state index is -4.72. The molecule has 1 aromatic heterocycles. The molecule has 0 unspecified atom stereocenters. The van der Waals surface area contributed by atoms with Crippen LogP contribution in [0.2, 0.25) is 0 Å². The van der Waals surface area contributed by atoms with Crippen molar-refractivity contribution in [1.29, 1.82) is 5.26 Å². The molecular weight excluding hydrogens is 261 g/mol. The molecule has 2 rings (SSSR count). The minimum Gasteiger partial charge on any atom is -0.497 e. The molecule has 0 radical (unpaired) electrons. The fourth-order valence-corrected chi connectivity index (χ4v) is 1.53. The number of aromatic nitrogens is 3. The van der Waals surface area contributed by atoms with Gasteiger partial charge >= 0.3 is 6.18 Å². The molecule has 0 atom stereocenters. The van der Waals surface area contributed by atoms with E-state index in [1.54, 1.807) is 6.07 Å². The molecule has 0 fully saturated rings. The molecule has 0 aliphatic rings. The lowest BCUT2D eigenvalue weighted by Gasteiger charge is -2.10. The van der Waals surface area contributed by atoms with Crippen molar-refractivity contribution in [2.45, 2.75) is 6.18 Å². The van der Waals surface area contributed by atoms with Gasteiger partial charge in [-0.1, -0.05) is 11.3 Å². The third kappa shape index (κ3) is 2.35. The Kier molecular flexibility index (Phi) is 3.12. The molecule has 0 aliphatic carbocycles. The standard InChI is InChI=1S/C11H7F3N4O/c1-19-8-4-2-3-7(5-8)18-10(11(12,13)14)9(6-15)16-17-18/h2-5H,1H3. The van der Waals surface area contributed by atoms with Crippen molar-refractivity contribution < 1.29 is 17.9 Å². The average molecular weight is 268 g/mol. The predicted molar refractivity (Wildman–Crippen MR) is 57.6 cm³/mol. The average Bonchev–Trinajstić information content (AvgIpc) is 2.82. The maximum absolute atomic E-state index is 12.9. The van der Waals surface area contributed by atoms with Crippen LogP contribution >= 0.6 is 0 Å². The van der Waals surface area contributed by atoms with Crippen LogP contribution < -0.4 is 4.74 Å². The lowest BCUT2D eigenvalue weighted by molar-refractivity contribution is -0.143. The van der Waals surface area contributed by atoms with Crippen molar-refractivity contribution in [2.75, 3.05) is 7.11 Å². The lowest BCUT2D eigenvalue weighted by Crippen LogP contribution is -2.14. The van der Waals surface area contributed by atoms with Crippen LogP contribution in [0.3, 0.4) is 0 Å². The maximum Gasteiger partial charge on any atom is 0.436 e. The van der Waals surface area contributed by atoms with Gasteiger partial charge in [-0.25, -0.2) is 4.68 Å². The number of benzene rings is 1. The van der Waals surface area contributed by atoms with E-state index in [1.807, 2.05) is 0 Å². The molecule has 0 saturated carbocycles. The summed E-state index contributed by atoms with van der Waals surface area (Å²) in [6.07, 6.45) is -4.72. The summed E-state index contributed by atoms with van der Waals surface area (Å²) in [6, 6.07) is 7.25. The summed E-state index contributed by atoms with van der Waals surface area (Å²) >= 11 is 0. The van der Waals surface area contributed by atoms with E-state index >= 15 is 0 Å². The van der Waals surface area contributed by atoms with Gasteiger partial charge in [0.1, 0.15) is 11.8 Å². The van der Waals surface area contributed by atoms with E-state index in [-0.39, 0.29) is 5.69 Å². The molecular formula is C11H7F3N4O. The van der Waals surface area contributed by atoms with E-state index in [0.29, 0.717) is 10.4 Å². The molecule has 5 nitrogen and oxygen atoms in total. The Morgan fingerprint density at radius 1 is 1.37 bits per heavy atom. The van der Waals surface area contributed by atoms with Crippen molar-refractivity contribution in [3.63, 3.8) is 0 Å². The second kappa shape index (κ2) is 4.61. The summed E-state index contributed by atoms with van der Waals surface area (Å²) in [7, 11) is 1.39. The van der Waals surface area contributed by atoms with E-state index in [0.717, 1.165) is 0 Å². The van der Waals surface area contributed by atoms with Crippen molar-refractivity contribution in [3.8, 4) is 17.5 Å². The van der Waals surface area contributed by atoms with Gasteiger partial charge in [0, 0.05) is 6.07 Å². The SMILES string of the molecule is COc1cccc(-n2nnc(C#N)c2C(F)(F)F)c1. The summed E-state index contributed by atoms with van der Waals surface area (Å²) < 4.78 is 44.2. The molecule has 0 aliphatic heterocycles. The largest absolute Gasteiger partial charge is 0.497 e. The highest BCUT2D eigenvalue weighted by Crippen LogP contribution is 2.32. The van der Waals surface area contributed by atoms with E-state index < -0.39 is 17.6 Å². The van der Waals surface area contributed by atoms with Gasteiger partial charge in [0.15, 0.2) is 11.4 Å². The zero-order valence-electron chi connectivity index (χ0n) is 9.64. The summed E-state index contributed by atoms with van der Waals surface area (Å²) in [6.45, 7) is 0. The monoisotopic (exact) mass is 268 g/mol. The predicted octanol–water partition coefficient (Wildman–Crippen LogP) is 2.17. The zero-order valence-corrected chi connectivity index (χ0v) is 9.64. The van der Waals surface area contributed by atoms with Crippen molar-refractivity contribution >= 4 is 0 Å². The number of methoxy groups -OCH3 is 1. The Morgan fingerprint density at radius 3 is 2.68 bits per heavy atom. The number of hydrogen-bond acceptors (Lipinski definition) is 4. The van der Waals surface area contributed by atoms with Crippen LogP contribution in [0.25, 0.3) is 5.69 Å². The number of hydrogen-bond donors (Lipinski definition) is 0. The van der Waals surface area contributed by atoms with E-state index in [9.17, 15) is 13.2 Å². The Balaban J connectivity index is 2.63. The first-order chi connectivity index (χ1) is 8.97. The quantitative estimate of drug-likeness (QED) is 0.837. The van der Waals surface area contributed by atoms with Gasteiger partial charge in [0.05, 0.1) is 12.8 Å². The number of rotatable bonds is 2. The smallest absolute Gasteiger partial charge is 0.436 e. The Bertz CT molecular complexity index is 642. The number of ether oxygens (including phenoxy) is 1. The number of nitriles is 1. The van der Waals surface area contributed by atoms with E-state index in [4.69, 9.17) is 10.00 Å².